The molecule has 1 heterocycles. The zero-order valence-corrected chi connectivity index (χ0v) is 16.9. The number of carbonyl (C=O) groups excluding carboxylic acids is 1. The summed E-state index contributed by atoms with van der Waals surface area (Å²) in [5.41, 5.74) is 3.34. The first-order valence-electron chi connectivity index (χ1n) is 10.1. The van der Waals surface area contributed by atoms with E-state index in [9.17, 15) is 9.18 Å². The molecule has 1 amide bonds. The standard InChI is InChI=1S/C24H26FN3O/c1-27(2)12-13-28(16-17-6-5-7-19(25)14-17)24(29)21-15-23(18-10-11-18)26-22-9-4-3-8-20(21)22/h3-9,14-15,18H,10-13,16H2,1-2H3. The molecule has 0 N–H and O–H groups in total. The molecule has 0 spiro atoms. The number of hydrogen-bond acceptors (Lipinski definition) is 3. The molecule has 2 aromatic carbocycles. The molecule has 0 atom stereocenters. The van der Waals surface area contributed by atoms with E-state index in [0.717, 1.165) is 41.5 Å². The summed E-state index contributed by atoms with van der Waals surface area (Å²) >= 11 is 0. The summed E-state index contributed by atoms with van der Waals surface area (Å²) in [7, 11) is 3.97. The van der Waals surface area contributed by atoms with Gasteiger partial charge in [-0.05, 0) is 56.8 Å². The van der Waals surface area contributed by atoms with E-state index in [1.54, 1.807) is 6.07 Å². The van der Waals surface area contributed by atoms with Crippen molar-refractivity contribution >= 4 is 16.8 Å². The lowest BCUT2D eigenvalue weighted by Crippen LogP contribution is -2.36. The topological polar surface area (TPSA) is 36.4 Å². The number of aromatic nitrogens is 1. The maximum Gasteiger partial charge on any atom is 0.254 e. The molecule has 150 valence electrons. The van der Waals surface area contributed by atoms with E-state index >= 15 is 0 Å². The van der Waals surface area contributed by atoms with Crippen molar-refractivity contribution in [1.82, 2.24) is 14.8 Å². The van der Waals surface area contributed by atoms with Gasteiger partial charge < -0.3 is 9.80 Å². The lowest BCUT2D eigenvalue weighted by Gasteiger charge is -2.25. The maximum atomic E-state index is 13.7. The van der Waals surface area contributed by atoms with Gasteiger partial charge in [-0.3, -0.25) is 9.78 Å². The van der Waals surface area contributed by atoms with Crippen LogP contribution in [0.4, 0.5) is 4.39 Å². The normalized spacial score (nSPS) is 13.8. The summed E-state index contributed by atoms with van der Waals surface area (Å²) < 4.78 is 13.7. The summed E-state index contributed by atoms with van der Waals surface area (Å²) in [6, 6.07) is 16.3. The van der Waals surface area contributed by atoms with Crippen molar-refractivity contribution < 1.29 is 9.18 Å². The van der Waals surface area contributed by atoms with Crippen LogP contribution in [-0.2, 0) is 6.54 Å². The number of carbonyl (C=O) groups is 1. The first kappa shape index (κ1) is 19.5. The van der Waals surface area contributed by atoms with Crippen LogP contribution in [0.25, 0.3) is 10.9 Å². The third-order valence-corrected chi connectivity index (χ3v) is 5.33. The number of hydrogen-bond donors (Lipinski definition) is 0. The molecule has 0 unspecified atom stereocenters. The van der Waals surface area contributed by atoms with E-state index in [1.807, 2.05) is 60.3 Å². The molecule has 29 heavy (non-hydrogen) atoms. The van der Waals surface area contributed by atoms with Gasteiger partial charge in [0, 0.05) is 36.6 Å². The quantitative estimate of drug-likeness (QED) is 0.597. The van der Waals surface area contributed by atoms with Crippen molar-refractivity contribution in [3.8, 4) is 0 Å². The Kier molecular flexibility index (Phi) is 5.58. The Morgan fingerprint density at radius 3 is 2.59 bits per heavy atom. The molecule has 1 fully saturated rings. The van der Waals surface area contributed by atoms with Crippen molar-refractivity contribution in [2.75, 3.05) is 27.2 Å². The number of para-hydroxylation sites is 1. The van der Waals surface area contributed by atoms with Gasteiger partial charge in [-0.2, -0.15) is 0 Å². The Hall–Kier alpha value is -2.79. The second kappa shape index (κ2) is 8.29. The van der Waals surface area contributed by atoms with Gasteiger partial charge in [-0.15, -0.1) is 0 Å². The van der Waals surface area contributed by atoms with Crippen molar-refractivity contribution in [3.63, 3.8) is 0 Å². The molecule has 5 heteroatoms. The third-order valence-electron chi connectivity index (χ3n) is 5.33. The number of fused-ring (bicyclic) bond motifs is 1. The predicted molar refractivity (Wildman–Crippen MR) is 113 cm³/mol. The fraction of sp³-hybridized carbons (Fsp3) is 0.333. The lowest BCUT2D eigenvalue weighted by molar-refractivity contribution is 0.0733. The first-order chi connectivity index (χ1) is 14.0. The summed E-state index contributed by atoms with van der Waals surface area (Å²) in [6.07, 6.45) is 2.26. The van der Waals surface area contributed by atoms with Crippen LogP contribution in [0.15, 0.2) is 54.6 Å². The van der Waals surface area contributed by atoms with Crippen LogP contribution in [0.2, 0.25) is 0 Å². The first-order valence-corrected chi connectivity index (χ1v) is 10.1. The van der Waals surface area contributed by atoms with Crippen molar-refractivity contribution in [1.29, 1.82) is 0 Å². The van der Waals surface area contributed by atoms with Gasteiger partial charge in [-0.25, -0.2) is 4.39 Å². The van der Waals surface area contributed by atoms with E-state index < -0.39 is 0 Å². The highest BCUT2D eigenvalue weighted by atomic mass is 19.1. The molecule has 1 aliphatic carbocycles. The molecule has 0 saturated heterocycles. The molecule has 0 radical (unpaired) electrons. The number of amides is 1. The average Bonchev–Trinajstić information content (AvgIpc) is 3.55. The molecule has 1 aliphatic rings. The minimum Gasteiger partial charge on any atom is -0.333 e. The molecule has 0 bridgehead atoms. The fourth-order valence-corrected chi connectivity index (χ4v) is 3.56. The number of benzene rings is 2. The number of likely N-dealkylation sites (N-methyl/N-ethyl adjacent to an activating group) is 1. The number of nitrogens with zero attached hydrogens (tertiary/aromatic N) is 3. The van der Waals surface area contributed by atoms with Crippen LogP contribution in [0.1, 0.15) is 40.4 Å². The molecular formula is C24H26FN3O. The Morgan fingerprint density at radius 2 is 1.86 bits per heavy atom. The van der Waals surface area contributed by atoms with Crippen LogP contribution in [-0.4, -0.2) is 47.9 Å². The van der Waals surface area contributed by atoms with Crippen molar-refractivity contribution in [2.45, 2.75) is 25.3 Å². The largest absolute Gasteiger partial charge is 0.333 e. The fourth-order valence-electron chi connectivity index (χ4n) is 3.56. The van der Waals surface area contributed by atoms with Gasteiger partial charge in [0.15, 0.2) is 0 Å². The summed E-state index contributed by atoms with van der Waals surface area (Å²) in [5.74, 6) is 0.147. The smallest absolute Gasteiger partial charge is 0.254 e. The van der Waals surface area contributed by atoms with E-state index in [1.165, 1.54) is 12.1 Å². The Balaban J connectivity index is 1.71. The second-order valence-corrected chi connectivity index (χ2v) is 8.05. The Labute approximate surface area is 171 Å². The summed E-state index contributed by atoms with van der Waals surface area (Å²) in [4.78, 5) is 22.3. The maximum absolute atomic E-state index is 13.7. The molecule has 4 nitrogen and oxygen atoms in total. The molecule has 1 saturated carbocycles. The monoisotopic (exact) mass is 391 g/mol. The van der Waals surface area contributed by atoms with Gasteiger partial charge in [0.1, 0.15) is 5.82 Å². The number of halogens is 1. The Bertz CT molecular complexity index is 1030. The average molecular weight is 391 g/mol. The highest BCUT2D eigenvalue weighted by molar-refractivity contribution is 6.06. The van der Waals surface area contributed by atoms with Crippen molar-refractivity contribution in [2.24, 2.45) is 0 Å². The predicted octanol–water partition coefficient (Wildman–Crippen LogP) is 4.46. The highest BCUT2D eigenvalue weighted by Crippen LogP contribution is 2.40. The van der Waals surface area contributed by atoms with Gasteiger partial charge in [0.25, 0.3) is 5.91 Å². The molecule has 1 aromatic heterocycles. The van der Waals surface area contributed by atoms with Gasteiger partial charge in [-0.1, -0.05) is 30.3 Å². The minimum absolute atomic E-state index is 0.0309. The zero-order valence-electron chi connectivity index (χ0n) is 16.9. The highest BCUT2D eigenvalue weighted by Gasteiger charge is 2.28. The molecular weight excluding hydrogens is 365 g/mol. The Morgan fingerprint density at radius 1 is 1.07 bits per heavy atom. The van der Waals surface area contributed by atoms with Crippen molar-refractivity contribution in [3.05, 3.63) is 77.2 Å². The number of pyridine rings is 1. The van der Waals surface area contributed by atoms with E-state index in [2.05, 4.69) is 0 Å². The lowest BCUT2D eigenvalue weighted by atomic mass is 10.0. The SMILES string of the molecule is CN(C)CCN(Cc1cccc(F)c1)C(=O)c1cc(C2CC2)nc2ccccc12. The molecule has 0 aliphatic heterocycles. The summed E-state index contributed by atoms with van der Waals surface area (Å²) in [5, 5.41) is 0.871. The van der Waals surface area contributed by atoms with Gasteiger partial charge >= 0.3 is 0 Å². The molecule has 4 rings (SSSR count). The van der Waals surface area contributed by atoms with Crippen LogP contribution < -0.4 is 0 Å². The van der Waals surface area contributed by atoms with Crippen LogP contribution in [0, 0.1) is 5.82 Å². The summed E-state index contributed by atoms with van der Waals surface area (Å²) in [6.45, 7) is 1.68. The van der Waals surface area contributed by atoms with Gasteiger partial charge in [0.2, 0.25) is 0 Å². The van der Waals surface area contributed by atoms with Crippen LogP contribution in [0.5, 0.6) is 0 Å². The van der Waals surface area contributed by atoms with Gasteiger partial charge in [0.05, 0.1) is 11.1 Å². The van der Waals surface area contributed by atoms with Crippen LogP contribution in [0.3, 0.4) is 0 Å². The molecule has 3 aromatic rings. The second-order valence-electron chi connectivity index (χ2n) is 8.05. The minimum atomic E-state index is -0.284. The third kappa shape index (κ3) is 4.62. The van der Waals surface area contributed by atoms with E-state index in [0.29, 0.717) is 24.6 Å². The zero-order chi connectivity index (χ0) is 20.4. The number of rotatable bonds is 7. The van der Waals surface area contributed by atoms with Crippen LogP contribution >= 0.6 is 0 Å². The van der Waals surface area contributed by atoms with E-state index in [4.69, 9.17) is 4.98 Å². The van der Waals surface area contributed by atoms with E-state index in [-0.39, 0.29) is 11.7 Å².